The van der Waals surface area contributed by atoms with Crippen molar-refractivity contribution in [3.63, 3.8) is 0 Å². The number of hydrogen-bond donors (Lipinski definition) is 1. The van der Waals surface area contributed by atoms with E-state index >= 15 is 0 Å². The molecule has 0 radical (unpaired) electrons. The summed E-state index contributed by atoms with van der Waals surface area (Å²) in [5.74, 6) is 1.10. The maximum atomic E-state index is 12.0. The van der Waals surface area contributed by atoms with Gasteiger partial charge in [-0.2, -0.15) is 8.42 Å². The van der Waals surface area contributed by atoms with Gasteiger partial charge in [0, 0.05) is 19.1 Å². The molecule has 1 aromatic carbocycles. The maximum absolute atomic E-state index is 12.0. The van der Waals surface area contributed by atoms with Gasteiger partial charge in [-0.15, -0.1) is 0 Å². The van der Waals surface area contributed by atoms with Crippen molar-refractivity contribution in [3.8, 4) is 5.75 Å². The van der Waals surface area contributed by atoms with E-state index < -0.39 is 15.7 Å². The van der Waals surface area contributed by atoms with Gasteiger partial charge in [-0.05, 0) is 101 Å². The van der Waals surface area contributed by atoms with Crippen LogP contribution in [-0.4, -0.2) is 56.9 Å². The average molecular weight is 467 g/mol. The lowest BCUT2D eigenvalue weighted by molar-refractivity contribution is 0.0486. The van der Waals surface area contributed by atoms with Crippen LogP contribution in [0.1, 0.15) is 64.0 Å². The van der Waals surface area contributed by atoms with Gasteiger partial charge in [0.05, 0.1) is 6.26 Å². The third kappa shape index (κ3) is 8.28. The number of nitrogens with one attached hydrogen (secondary N) is 1. The molecule has 1 heterocycles. The van der Waals surface area contributed by atoms with Crippen LogP contribution in [0.3, 0.4) is 0 Å². The van der Waals surface area contributed by atoms with Crippen LogP contribution in [0.2, 0.25) is 0 Å². The van der Waals surface area contributed by atoms with E-state index in [0.29, 0.717) is 11.7 Å². The van der Waals surface area contributed by atoms with Crippen LogP contribution >= 0.6 is 0 Å². The second-order valence-corrected chi connectivity index (χ2v) is 11.8. The fraction of sp³-hybridized carbons (Fsp3) is 0.708. The van der Waals surface area contributed by atoms with Crippen LogP contribution in [0.4, 0.5) is 4.79 Å². The van der Waals surface area contributed by atoms with E-state index in [9.17, 15) is 13.2 Å². The molecule has 1 N–H and O–H groups in total. The predicted molar refractivity (Wildman–Crippen MR) is 125 cm³/mol. The van der Waals surface area contributed by atoms with Crippen molar-refractivity contribution in [2.75, 3.05) is 25.9 Å². The first-order chi connectivity index (χ1) is 15.0. The zero-order valence-electron chi connectivity index (χ0n) is 19.9. The molecule has 0 spiro atoms. The van der Waals surface area contributed by atoms with Crippen LogP contribution in [-0.2, 0) is 27.7 Å². The Hall–Kier alpha value is -1.80. The topological polar surface area (TPSA) is 84.9 Å². The van der Waals surface area contributed by atoms with Crippen molar-refractivity contribution in [1.82, 2.24) is 10.2 Å². The van der Waals surface area contributed by atoms with Gasteiger partial charge < -0.3 is 19.1 Å². The Labute approximate surface area is 193 Å². The number of carbonyl (C=O) groups excluding carboxylic acids is 1. The number of hydrogen-bond acceptors (Lipinski definition) is 6. The summed E-state index contributed by atoms with van der Waals surface area (Å²) in [6.45, 7) is 8.72. The number of carbonyl (C=O) groups is 1. The minimum atomic E-state index is -3.50. The van der Waals surface area contributed by atoms with E-state index in [1.54, 1.807) is 6.07 Å². The van der Waals surface area contributed by atoms with Crippen molar-refractivity contribution >= 4 is 16.2 Å². The molecule has 1 saturated carbocycles. The standard InChI is InChI=1S/C24H38N2O5S/c1-24(2,3)30-23(27)25-21-8-5-18(6-9-21)11-14-26-15-12-19-7-10-22(31-32(4,28)29)17-20(19)13-16-26/h7,10,17-18,21H,5-6,8-9,11-16H2,1-4H3,(H,25,27). The Morgan fingerprint density at radius 3 is 2.38 bits per heavy atom. The second kappa shape index (κ2) is 10.4. The van der Waals surface area contributed by atoms with Gasteiger partial charge >= 0.3 is 16.2 Å². The highest BCUT2D eigenvalue weighted by atomic mass is 32.2. The Morgan fingerprint density at radius 1 is 1.09 bits per heavy atom. The number of nitrogens with zero attached hydrogens (tertiary/aromatic N) is 1. The minimum Gasteiger partial charge on any atom is -0.444 e. The van der Waals surface area contributed by atoms with Gasteiger partial charge in [0.2, 0.25) is 0 Å². The lowest BCUT2D eigenvalue weighted by Gasteiger charge is -2.31. The maximum Gasteiger partial charge on any atom is 0.407 e. The highest BCUT2D eigenvalue weighted by Gasteiger charge is 2.25. The Kier molecular flexibility index (Phi) is 8.09. The fourth-order valence-corrected chi connectivity index (χ4v) is 5.09. The van der Waals surface area contributed by atoms with Crippen molar-refractivity contribution in [1.29, 1.82) is 0 Å². The molecule has 0 saturated heterocycles. The number of amides is 1. The molecule has 1 aliphatic carbocycles. The number of ether oxygens (including phenoxy) is 1. The van der Waals surface area contributed by atoms with E-state index in [0.717, 1.165) is 64.4 Å². The summed E-state index contributed by atoms with van der Waals surface area (Å²) in [6, 6.07) is 5.84. The van der Waals surface area contributed by atoms with E-state index in [2.05, 4.69) is 10.2 Å². The van der Waals surface area contributed by atoms with Crippen molar-refractivity contribution < 1.29 is 22.1 Å². The zero-order valence-corrected chi connectivity index (χ0v) is 20.7. The summed E-state index contributed by atoms with van der Waals surface area (Å²) in [5, 5.41) is 3.02. The molecule has 8 heteroatoms. The SMILES string of the molecule is CC(C)(C)OC(=O)NC1CCC(CCN2CCc3ccc(OS(C)(=O)=O)cc3CC2)CC1. The summed E-state index contributed by atoms with van der Waals surface area (Å²) in [5.41, 5.74) is 2.00. The number of alkyl carbamates (subject to hydrolysis) is 1. The largest absolute Gasteiger partial charge is 0.444 e. The summed E-state index contributed by atoms with van der Waals surface area (Å²) in [4.78, 5) is 14.5. The zero-order chi connectivity index (χ0) is 23.4. The minimum absolute atomic E-state index is 0.220. The van der Waals surface area contributed by atoms with Crippen molar-refractivity contribution in [3.05, 3.63) is 29.3 Å². The Bertz CT molecular complexity index is 886. The molecule has 0 bridgehead atoms. The van der Waals surface area contributed by atoms with Gasteiger partial charge in [0.15, 0.2) is 0 Å². The first-order valence-electron chi connectivity index (χ1n) is 11.7. The molecule has 2 aliphatic rings. The molecular formula is C24H38N2O5S. The van der Waals surface area contributed by atoms with E-state index in [1.807, 2.05) is 32.9 Å². The van der Waals surface area contributed by atoms with Gasteiger partial charge in [-0.1, -0.05) is 6.07 Å². The van der Waals surface area contributed by atoms with Crippen molar-refractivity contribution in [2.45, 2.75) is 77.4 Å². The molecule has 180 valence electrons. The van der Waals surface area contributed by atoms with Crippen LogP contribution in [0, 0.1) is 5.92 Å². The lowest BCUT2D eigenvalue weighted by Crippen LogP contribution is -2.41. The molecule has 1 amide bonds. The molecule has 0 atom stereocenters. The smallest absolute Gasteiger partial charge is 0.407 e. The number of benzene rings is 1. The fourth-order valence-electron chi connectivity index (χ4n) is 4.63. The second-order valence-electron chi connectivity index (χ2n) is 10.2. The summed E-state index contributed by atoms with van der Waals surface area (Å²) in [6.07, 6.45) is 8.12. The Balaban J connectivity index is 1.40. The molecule has 7 nitrogen and oxygen atoms in total. The third-order valence-corrected chi connectivity index (χ3v) is 6.74. The van der Waals surface area contributed by atoms with E-state index in [4.69, 9.17) is 8.92 Å². The first kappa shape index (κ1) is 24.8. The van der Waals surface area contributed by atoms with Crippen LogP contribution < -0.4 is 9.50 Å². The van der Waals surface area contributed by atoms with E-state index in [-0.39, 0.29) is 12.1 Å². The monoisotopic (exact) mass is 466 g/mol. The van der Waals surface area contributed by atoms with Gasteiger partial charge in [0.25, 0.3) is 0 Å². The average Bonchev–Trinajstić information content (AvgIpc) is 2.87. The van der Waals surface area contributed by atoms with Gasteiger partial charge in [-0.3, -0.25) is 0 Å². The summed E-state index contributed by atoms with van der Waals surface area (Å²) < 4.78 is 33.2. The van der Waals surface area contributed by atoms with Crippen LogP contribution in [0.25, 0.3) is 0 Å². The summed E-state index contributed by atoms with van der Waals surface area (Å²) in [7, 11) is -3.50. The molecule has 3 rings (SSSR count). The van der Waals surface area contributed by atoms with Crippen LogP contribution in [0.5, 0.6) is 5.75 Å². The lowest BCUT2D eigenvalue weighted by atomic mass is 9.84. The highest BCUT2D eigenvalue weighted by molar-refractivity contribution is 7.86. The van der Waals surface area contributed by atoms with Crippen molar-refractivity contribution in [2.24, 2.45) is 5.92 Å². The molecule has 1 fully saturated rings. The quantitative estimate of drug-likeness (QED) is 0.640. The molecule has 1 aliphatic heterocycles. The Morgan fingerprint density at radius 2 is 1.75 bits per heavy atom. The summed E-state index contributed by atoms with van der Waals surface area (Å²) >= 11 is 0. The number of fused-ring (bicyclic) bond motifs is 1. The molecule has 0 aromatic heterocycles. The molecule has 1 aromatic rings. The normalized spacial score (nSPS) is 22.5. The van der Waals surface area contributed by atoms with E-state index in [1.165, 1.54) is 17.5 Å². The highest BCUT2D eigenvalue weighted by Crippen LogP contribution is 2.28. The first-order valence-corrected chi connectivity index (χ1v) is 13.5. The molecule has 32 heavy (non-hydrogen) atoms. The van der Waals surface area contributed by atoms with Gasteiger partial charge in [-0.25, -0.2) is 4.79 Å². The number of rotatable bonds is 6. The third-order valence-electron chi connectivity index (χ3n) is 6.24. The van der Waals surface area contributed by atoms with Crippen LogP contribution in [0.15, 0.2) is 18.2 Å². The van der Waals surface area contributed by atoms with Gasteiger partial charge in [0.1, 0.15) is 11.4 Å². The predicted octanol–water partition coefficient (Wildman–Crippen LogP) is 3.90. The molecule has 0 unspecified atom stereocenters. The molecular weight excluding hydrogens is 428 g/mol.